The number of benzene rings is 1. The third-order valence-electron chi connectivity index (χ3n) is 4.28. The first-order chi connectivity index (χ1) is 12.2. The summed E-state index contributed by atoms with van der Waals surface area (Å²) < 4.78 is 10.9. The molecule has 0 bridgehead atoms. The number of aromatic nitrogens is 2. The second-order valence-electron chi connectivity index (χ2n) is 6.09. The average molecular weight is 341 g/mol. The van der Waals surface area contributed by atoms with Crippen LogP contribution < -0.4 is 9.47 Å². The van der Waals surface area contributed by atoms with E-state index in [1.165, 1.54) is 12.7 Å². The molecule has 2 heterocycles. The van der Waals surface area contributed by atoms with Crippen molar-refractivity contribution in [2.45, 2.75) is 31.8 Å². The first-order valence-corrected chi connectivity index (χ1v) is 8.60. The van der Waals surface area contributed by atoms with Crippen LogP contribution >= 0.6 is 0 Å². The summed E-state index contributed by atoms with van der Waals surface area (Å²) in [6, 6.07) is 12.1. The molecule has 1 aliphatic heterocycles. The van der Waals surface area contributed by atoms with Gasteiger partial charge in [0.15, 0.2) is 0 Å². The number of carbonyl (C=O) groups excluding carboxylic acids is 1. The highest BCUT2D eigenvalue weighted by Gasteiger charge is 2.25. The molecule has 3 rings (SSSR count). The van der Waals surface area contributed by atoms with E-state index in [0.29, 0.717) is 18.8 Å². The van der Waals surface area contributed by atoms with E-state index in [1.807, 2.05) is 23.1 Å². The number of ether oxygens (including phenoxy) is 2. The molecule has 132 valence electrons. The molecule has 1 atom stereocenters. The van der Waals surface area contributed by atoms with Crippen molar-refractivity contribution in [3.63, 3.8) is 0 Å². The van der Waals surface area contributed by atoms with Gasteiger partial charge in [0, 0.05) is 25.2 Å². The van der Waals surface area contributed by atoms with Crippen LogP contribution in [0.3, 0.4) is 0 Å². The summed E-state index contributed by atoms with van der Waals surface area (Å²) in [4.78, 5) is 22.5. The SMILES string of the molecule is COc1nccc(OC2CCCN(C(=O)CCc3ccccc3)C2)n1. The number of nitrogens with zero attached hydrogens (tertiary/aromatic N) is 3. The molecule has 1 amide bonds. The molecule has 0 spiro atoms. The first-order valence-electron chi connectivity index (χ1n) is 8.60. The zero-order valence-electron chi connectivity index (χ0n) is 14.4. The van der Waals surface area contributed by atoms with Crippen molar-refractivity contribution in [1.82, 2.24) is 14.9 Å². The van der Waals surface area contributed by atoms with Gasteiger partial charge in [-0.3, -0.25) is 4.79 Å². The van der Waals surface area contributed by atoms with Gasteiger partial charge in [-0.1, -0.05) is 30.3 Å². The lowest BCUT2D eigenvalue weighted by Gasteiger charge is -2.32. The van der Waals surface area contributed by atoms with Crippen molar-refractivity contribution in [2.24, 2.45) is 0 Å². The van der Waals surface area contributed by atoms with Crippen molar-refractivity contribution in [1.29, 1.82) is 0 Å². The average Bonchev–Trinajstić information content (AvgIpc) is 2.67. The summed E-state index contributed by atoms with van der Waals surface area (Å²) >= 11 is 0. The van der Waals surface area contributed by atoms with Gasteiger partial charge in [0.2, 0.25) is 11.8 Å². The third-order valence-corrected chi connectivity index (χ3v) is 4.28. The maximum Gasteiger partial charge on any atom is 0.319 e. The molecular formula is C19H23N3O3. The van der Waals surface area contributed by atoms with Crippen LogP contribution in [0.1, 0.15) is 24.8 Å². The molecule has 1 saturated heterocycles. The number of amides is 1. The largest absolute Gasteiger partial charge is 0.472 e. The van der Waals surface area contributed by atoms with Crippen molar-refractivity contribution >= 4 is 5.91 Å². The van der Waals surface area contributed by atoms with Gasteiger partial charge < -0.3 is 14.4 Å². The Hall–Kier alpha value is -2.63. The molecule has 1 aromatic carbocycles. The van der Waals surface area contributed by atoms with Crippen LogP contribution in [0.4, 0.5) is 0 Å². The molecule has 1 aromatic heterocycles. The number of methoxy groups -OCH3 is 1. The Kier molecular flexibility index (Phi) is 5.82. The smallest absolute Gasteiger partial charge is 0.319 e. The highest BCUT2D eigenvalue weighted by molar-refractivity contribution is 5.76. The molecule has 6 heteroatoms. The number of piperidine rings is 1. The van der Waals surface area contributed by atoms with Crippen molar-refractivity contribution < 1.29 is 14.3 Å². The molecule has 25 heavy (non-hydrogen) atoms. The molecule has 0 radical (unpaired) electrons. The predicted octanol–water partition coefficient (Wildman–Crippen LogP) is 2.49. The standard InChI is InChI=1S/C19H23N3O3/c1-24-19-20-12-11-17(21-19)25-16-8-5-13-22(14-16)18(23)10-9-15-6-3-2-4-7-15/h2-4,6-7,11-12,16H,5,8-10,13-14H2,1H3. The van der Waals surface area contributed by atoms with Gasteiger partial charge in [-0.05, 0) is 24.8 Å². The van der Waals surface area contributed by atoms with Crippen molar-refractivity contribution in [3.8, 4) is 11.9 Å². The van der Waals surface area contributed by atoms with Crippen molar-refractivity contribution in [3.05, 3.63) is 48.2 Å². The number of rotatable bonds is 6. The minimum Gasteiger partial charge on any atom is -0.472 e. The van der Waals surface area contributed by atoms with Crippen molar-refractivity contribution in [2.75, 3.05) is 20.2 Å². The van der Waals surface area contributed by atoms with Gasteiger partial charge in [0.1, 0.15) is 6.10 Å². The van der Waals surface area contributed by atoms with Gasteiger partial charge in [-0.25, -0.2) is 4.98 Å². The molecule has 1 aliphatic rings. The number of hydrogen-bond acceptors (Lipinski definition) is 5. The van der Waals surface area contributed by atoms with E-state index in [9.17, 15) is 4.79 Å². The summed E-state index contributed by atoms with van der Waals surface area (Å²) in [7, 11) is 1.52. The van der Waals surface area contributed by atoms with Gasteiger partial charge in [0.25, 0.3) is 0 Å². The molecule has 0 aliphatic carbocycles. The Balaban J connectivity index is 1.52. The van der Waals surface area contributed by atoms with Crippen LogP contribution in [0.15, 0.2) is 42.6 Å². The Labute approximate surface area is 147 Å². The van der Waals surface area contributed by atoms with E-state index in [2.05, 4.69) is 22.1 Å². The van der Waals surface area contributed by atoms with Crippen LogP contribution in [0, 0.1) is 0 Å². The zero-order chi connectivity index (χ0) is 17.5. The Morgan fingerprint density at radius 2 is 2.12 bits per heavy atom. The Bertz CT molecular complexity index is 693. The normalized spacial score (nSPS) is 17.2. The lowest BCUT2D eigenvalue weighted by molar-refractivity contribution is -0.133. The summed E-state index contributed by atoms with van der Waals surface area (Å²) in [6.45, 7) is 1.39. The number of hydrogen-bond donors (Lipinski definition) is 0. The summed E-state index contributed by atoms with van der Waals surface area (Å²) in [5.41, 5.74) is 1.19. The molecule has 2 aromatic rings. The lowest BCUT2D eigenvalue weighted by atomic mass is 10.1. The monoisotopic (exact) mass is 341 g/mol. The Morgan fingerprint density at radius 1 is 1.28 bits per heavy atom. The number of carbonyl (C=O) groups is 1. The van der Waals surface area contributed by atoms with E-state index in [1.54, 1.807) is 12.3 Å². The topological polar surface area (TPSA) is 64.6 Å². The Morgan fingerprint density at radius 3 is 2.92 bits per heavy atom. The fourth-order valence-corrected chi connectivity index (χ4v) is 2.97. The van der Waals surface area contributed by atoms with Gasteiger partial charge in [-0.2, -0.15) is 4.98 Å². The maximum atomic E-state index is 12.5. The van der Waals surface area contributed by atoms with E-state index >= 15 is 0 Å². The molecule has 1 unspecified atom stereocenters. The lowest BCUT2D eigenvalue weighted by Crippen LogP contribution is -2.44. The van der Waals surface area contributed by atoms with Gasteiger partial charge in [-0.15, -0.1) is 0 Å². The number of likely N-dealkylation sites (tertiary alicyclic amines) is 1. The van der Waals surface area contributed by atoms with E-state index in [4.69, 9.17) is 9.47 Å². The summed E-state index contributed by atoms with van der Waals surface area (Å²) in [5, 5.41) is 0. The molecule has 6 nitrogen and oxygen atoms in total. The van der Waals surface area contributed by atoms with Crippen LogP contribution in [0.2, 0.25) is 0 Å². The van der Waals surface area contributed by atoms with E-state index < -0.39 is 0 Å². The fourth-order valence-electron chi connectivity index (χ4n) is 2.97. The van der Waals surface area contributed by atoms with E-state index in [-0.39, 0.29) is 18.0 Å². The van der Waals surface area contributed by atoms with Gasteiger partial charge in [0.05, 0.1) is 13.7 Å². The number of aryl methyl sites for hydroxylation is 1. The molecule has 1 fully saturated rings. The third kappa shape index (κ3) is 4.92. The molecule has 0 saturated carbocycles. The van der Waals surface area contributed by atoms with E-state index in [0.717, 1.165) is 25.8 Å². The zero-order valence-corrected chi connectivity index (χ0v) is 14.4. The highest BCUT2D eigenvalue weighted by atomic mass is 16.5. The van der Waals surface area contributed by atoms with Crippen LogP contribution in [-0.2, 0) is 11.2 Å². The minimum absolute atomic E-state index is 0.0472. The molecule has 0 N–H and O–H groups in total. The highest BCUT2D eigenvalue weighted by Crippen LogP contribution is 2.19. The van der Waals surface area contributed by atoms with Crippen LogP contribution in [0.25, 0.3) is 0 Å². The summed E-state index contributed by atoms with van der Waals surface area (Å²) in [6.07, 6.45) is 4.70. The van der Waals surface area contributed by atoms with Crippen LogP contribution in [0.5, 0.6) is 11.9 Å². The fraction of sp³-hybridized carbons (Fsp3) is 0.421. The second-order valence-corrected chi connectivity index (χ2v) is 6.09. The van der Waals surface area contributed by atoms with Crippen LogP contribution in [-0.4, -0.2) is 47.1 Å². The maximum absolute atomic E-state index is 12.5. The predicted molar refractivity (Wildman–Crippen MR) is 93.6 cm³/mol. The molecular weight excluding hydrogens is 318 g/mol. The second kappa shape index (κ2) is 8.46. The quantitative estimate of drug-likeness (QED) is 0.808. The minimum atomic E-state index is -0.0472. The first kappa shape index (κ1) is 17.2. The van der Waals surface area contributed by atoms with Gasteiger partial charge >= 0.3 is 6.01 Å². The summed E-state index contributed by atoms with van der Waals surface area (Å²) in [5.74, 6) is 0.660.